The molecule has 0 aliphatic carbocycles. The third-order valence-corrected chi connectivity index (χ3v) is 4.09. The predicted molar refractivity (Wildman–Crippen MR) is 95.7 cm³/mol. The molecular formula is C18H18ClN3O. The smallest absolute Gasteiger partial charge is 0.154 e. The first-order chi connectivity index (χ1) is 11.2. The van der Waals surface area contributed by atoms with Crippen LogP contribution in [0.3, 0.4) is 0 Å². The van der Waals surface area contributed by atoms with E-state index in [1.165, 1.54) is 5.56 Å². The van der Waals surface area contributed by atoms with Gasteiger partial charge in [-0.1, -0.05) is 54.1 Å². The van der Waals surface area contributed by atoms with Crippen LogP contribution in [0.2, 0.25) is 5.15 Å². The maximum atomic E-state index is 9.07. The topological polar surface area (TPSA) is 71.2 Å². The molecule has 5 heteroatoms. The van der Waals surface area contributed by atoms with Gasteiger partial charge in [-0.2, -0.15) is 0 Å². The minimum absolute atomic E-state index is 0.0660. The Balaban J connectivity index is 1.77. The van der Waals surface area contributed by atoms with E-state index >= 15 is 0 Å². The largest absolute Gasteiger partial charge is 0.395 e. The number of aromatic nitrogens is 1. The molecule has 0 saturated carbocycles. The standard InChI is InChI=1S/C18H18ClN3O/c19-18-16(20)17(14-3-1-2-4-15(14)22-18)21-10-9-12-5-7-13(11-23)8-6-12/h1-8,23H,9-11,20H2,(H,21,22). The van der Waals surface area contributed by atoms with Gasteiger partial charge in [0.1, 0.15) is 0 Å². The second kappa shape index (κ2) is 6.86. The molecule has 0 atom stereocenters. The van der Waals surface area contributed by atoms with Crippen molar-refractivity contribution >= 4 is 33.9 Å². The summed E-state index contributed by atoms with van der Waals surface area (Å²) in [4.78, 5) is 4.30. The maximum absolute atomic E-state index is 9.07. The molecule has 118 valence electrons. The molecule has 0 radical (unpaired) electrons. The molecule has 0 unspecified atom stereocenters. The SMILES string of the molecule is Nc1c(Cl)nc2ccccc2c1NCCc1ccc(CO)cc1. The molecular weight excluding hydrogens is 310 g/mol. The average molecular weight is 328 g/mol. The van der Waals surface area contributed by atoms with Gasteiger partial charge in [-0.3, -0.25) is 0 Å². The molecule has 0 aliphatic heterocycles. The van der Waals surface area contributed by atoms with Gasteiger partial charge < -0.3 is 16.2 Å². The number of pyridine rings is 1. The van der Waals surface area contributed by atoms with Crippen LogP contribution in [-0.2, 0) is 13.0 Å². The van der Waals surface area contributed by atoms with E-state index in [4.69, 9.17) is 22.4 Å². The van der Waals surface area contributed by atoms with Crippen LogP contribution in [0.4, 0.5) is 11.4 Å². The molecule has 3 aromatic rings. The minimum atomic E-state index is 0.0660. The summed E-state index contributed by atoms with van der Waals surface area (Å²) in [6.45, 7) is 0.795. The van der Waals surface area contributed by atoms with Crippen molar-refractivity contribution < 1.29 is 5.11 Å². The van der Waals surface area contributed by atoms with Crippen LogP contribution in [0, 0.1) is 0 Å². The van der Waals surface area contributed by atoms with E-state index in [9.17, 15) is 0 Å². The molecule has 4 N–H and O–H groups in total. The number of nitrogens with two attached hydrogens (primary N) is 1. The number of hydrogen-bond acceptors (Lipinski definition) is 4. The van der Waals surface area contributed by atoms with Crippen molar-refractivity contribution in [1.29, 1.82) is 0 Å². The highest BCUT2D eigenvalue weighted by atomic mass is 35.5. The van der Waals surface area contributed by atoms with E-state index in [0.717, 1.165) is 35.1 Å². The highest BCUT2D eigenvalue weighted by Crippen LogP contribution is 2.33. The van der Waals surface area contributed by atoms with Crippen molar-refractivity contribution in [1.82, 2.24) is 4.98 Å². The van der Waals surface area contributed by atoms with Gasteiger partial charge in [0.05, 0.1) is 23.5 Å². The molecule has 0 saturated heterocycles. The number of nitrogens with zero attached hydrogens (tertiary/aromatic N) is 1. The van der Waals surface area contributed by atoms with Crippen molar-refractivity contribution in [2.45, 2.75) is 13.0 Å². The van der Waals surface area contributed by atoms with Crippen LogP contribution in [-0.4, -0.2) is 16.6 Å². The second-order valence-electron chi connectivity index (χ2n) is 5.36. The normalized spacial score (nSPS) is 10.9. The van der Waals surface area contributed by atoms with E-state index in [1.807, 2.05) is 48.5 Å². The highest BCUT2D eigenvalue weighted by molar-refractivity contribution is 6.33. The summed E-state index contributed by atoms with van der Waals surface area (Å²) in [6.07, 6.45) is 0.847. The van der Waals surface area contributed by atoms with Gasteiger partial charge in [-0.05, 0) is 23.6 Å². The molecule has 1 aromatic heterocycles. The monoisotopic (exact) mass is 327 g/mol. The number of nitrogens with one attached hydrogen (secondary N) is 1. The fraction of sp³-hybridized carbons (Fsp3) is 0.167. The second-order valence-corrected chi connectivity index (χ2v) is 5.72. The fourth-order valence-electron chi connectivity index (χ4n) is 2.53. The lowest BCUT2D eigenvalue weighted by atomic mass is 10.1. The van der Waals surface area contributed by atoms with Gasteiger partial charge in [0.25, 0.3) is 0 Å². The number of nitrogen functional groups attached to an aromatic ring is 1. The minimum Gasteiger partial charge on any atom is -0.395 e. The van der Waals surface area contributed by atoms with Gasteiger partial charge in [0, 0.05) is 11.9 Å². The maximum Gasteiger partial charge on any atom is 0.154 e. The van der Waals surface area contributed by atoms with Crippen LogP contribution < -0.4 is 11.1 Å². The number of anilines is 2. The van der Waals surface area contributed by atoms with Crippen LogP contribution in [0.25, 0.3) is 10.9 Å². The number of rotatable bonds is 5. The van der Waals surface area contributed by atoms with Crippen LogP contribution in [0.5, 0.6) is 0 Å². The Morgan fingerprint density at radius 3 is 2.48 bits per heavy atom. The predicted octanol–water partition coefficient (Wildman–Crippen LogP) is 3.62. The third-order valence-electron chi connectivity index (χ3n) is 3.80. The molecule has 4 nitrogen and oxygen atoms in total. The molecule has 0 spiro atoms. The number of para-hydroxylation sites is 1. The zero-order chi connectivity index (χ0) is 16.2. The Morgan fingerprint density at radius 2 is 1.74 bits per heavy atom. The molecule has 3 rings (SSSR count). The van der Waals surface area contributed by atoms with Crippen molar-refractivity contribution in [3.8, 4) is 0 Å². The summed E-state index contributed by atoms with van der Waals surface area (Å²) in [5, 5.41) is 13.7. The number of fused-ring (bicyclic) bond motifs is 1. The van der Waals surface area contributed by atoms with Gasteiger partial charge >= 0.3 is 0 Å². The Hall–Kier alpha value is -2.30. The number of halogens is 1. The molecule has 23 heavy (non-hydrogen) atoms. The Bertz CT molecular complexity index is 818. The summed E-state index contributed by atoms with van der Waals surface area (Å²) in [6, 6.07) is 15.7. The Morgan fingerprint density at radius 1 is 1.04 bits per heavy atom. The fourth-order valence-corrected chi connectivity index (χ4v) is 2.72. The highest BCUT2D eigenvalue weighted by Gasteiger charge is 2.10. The van der Waals surface area contributed by atoms with Gasteiger partial charge in [0.15, 0.2) is 5.15 Å². The number of hydrogen-bond donors (Lipinski definition) is 3. The lowest BCUT2D eigenvalue weighted by Gasteiger charge is -2.13. The lowest BCUT2D eigenvalue weighted by molar-refractivity contribution is 0.282. The van der Waals surface area contributed by atoms with Crippen molar-refractivity contribution in [2.75, 3.05) is 17.6 Å². The molecule has 0 fully saturated rings. The van der Waals surface area contributed by atoms with Crippen molar-refractivity contribution in [3.63, 3.8) is 0 Å². The van der Waals surface area contributed by atoms with Crippen molar-refractivity contribution in [2.24, 2.45) is 0 Å². The average Bonchev–Trinajstić information content (AvgIpc) is 2.59. The molecule has 0 aliphatic rings. The van der Waals surface area contributed by atoms with E-state index in [1.54, 1.807) is 0 Å². The van der Waals surface area contributed by atoms with E-state index in [-0.39, 0.29) is 6.61 Å². The van der Waals surface area contributed by atoms with E-state index in [0.29, 0.717) is 10.8 Å². The Kier molecular flexibility index (Phi) is 4.65. The van der Waals surface area contributed by atoms with Crippen molar-refractivity contribution in [3.05, 3.63) is 64.8 Å². The number of aliphatic hydroxyl groups is 1. The summed E-state index contributed by atoms with van der Waals surface area (Å²) >= 11 is 6.12. The van der Waals surface area contributed by atoms with Crippen LogP contribution in [0.1, 0.15) is 11.1 Å². The summed E-state index contributed by atoms with van der Waals surface area (Å²) in [5.41, 5.74) is 10.3. The molecule has 0 bridgehead atoms. The van der Waals surface area contributed by atoms with E-state index in [2.05, 4.69) is 10.3 Å². The number of benzene rings is 2. The van der Waals surface area contributed by atoms with Crippen LogP contribution >= 0.6 is 11.6 Å². The van der Waals surface area contributed by atoms with Gasteiger partial charge in [-0.15, -0.1) is 0 Å². The summed E-state index contributed by atoms with van der Waals surface area (Å²) in [7, 11) is 0. The summed E-state index contributed by atoms with van der Waals surface area (Å²) < 4.78 is 0. The molecule has 0 amide bonds. The molecule has 1 heterocycles. The van der Waals surface area contributed by atoms with Gasteiger partial charge in [0.2, 0.25) is 0 Å². The van der Waals surface area contributed by atoms with E-state index < -0.39 is 0 Å². The Labute approximate surface area is 139 Å². The number of aliphatic hydroxyl groups excluding tert-OH is 1. The van der Waals surface area contributed by atoms with Crippen LogP contribution in [0.15, 0.2) is 48.5 Å². The van der Waals surface area contributed by atoms with Gasteiger partial charge in [-0.25, -0.2) is 4.98 Å². The summed E-state index contributed by atoms with van der Waals surface area (Å²) in [5.74, 6) is 0. The lowest BCUT2D eigenvalue weighted by Crippen LogP contribution is -2.08. The quantitative estimate of drug-likeness (QED) is 0.626. The first-order valence-electron chi connectivity index (χ1n) is 7.45. The zero-order valence-corrected chi connectivity index (χ0v) is 13.3. The first-order valence-corrected chi connectivity index (χ1v) is 7.83. The molecule has 2 aromatic carbocycles. The first kappa shape index (κ1) is 15.6. The third kappa shape index (κ3) is 3.38. The zero-order valence-electron chi connectivity index (χ0n) is 12.6.